The van der Waals surface area contributed by atoms with E-state index in [-0.39, 0.29) is 36.9 Å². The summed E-state index contributed by atoms with van der Waals surface area (Å²) in [4.78, 5) is 0. The highest BCUT2D eigenvalue weighted by atomic mass is 32.2. The Labute approximate surface area is 120 Å². The van der Waals surface area contributed by atoms with Crippen LogP contribution in [0, 0.1) is 23.7 Å². The van der Waals surface area contributed by atoms with Crippen molar-refractivity contribution >= 4 is 20.2 Å². The quantitative estimate of drug-likeness (QED) is 0.530. The van der Waals surface area contributed by atoms with Crippen LogP contribution in [0.2, 0.25) is 0 Å². The van der Waals surface area contributed by atoms with Crippen molar-refractivity contribution in [3.8, 4) is 0 Å². The van der Waals surface area contributed by atoms with E-state index in [2.05, 4.69) is 12.2 Å². The molecule has 0 aromatic carbocycles. The molecule has 20 heavy (non-hydrogen) atoms. The molecule has 1 fully saturated rings. The summed E-state index contributed by atoms with van der Waals surface area (Å²) in [6.07, 6.45) is 8.17. The summed E-state index contributed by atoms with van der Waals surface area (Å²) in [5, 5.41) is 0. The first kappa shape index (κ1) is 15.9. The molecule has 0 amide bonds. The van der Waals surface area contributed by atoms with Crippen LogP contribution in [-0.4, -0.2) is 42.6 Å². The van der Waals surface area contributed by atoms with Gasteiger partial charge in [-0.05, 0) is 36.5 Å². The molecule has 4 atom stereocenters. The van der Waals surface area contributed by atoms with Crippen molar-refractivity contribution < 1.29 is 25.2 Å². The molecule has 3 rings (SSSR count). The third-order valence-electron chi connectivity index (χ3n) is 4.04. The van der Waals surface area contributed by atoms with Gasteiger partial charge in [-0.3, -0.25) is 8.37 Å². The molecule has 0 aromatic rings. The average molecular weight is 324 g/mol. The summed E-state index contributed by atoms with van der Waals surface area (Å²) in [5.41, 5.74) is 0. The van der Waals surface area contributed by atoms with Gasteiger partial charge in [-0.1, -0.05) is 12.2 Å². The second-order valence-corrected chi connectivity index (χ2v) is 8.88. The highest BCUT2D eigenvalue weighted by Gasteiger charge is 2.41. The predicted molar refractivity (Wildman–Crippen MR) is 73.9 cm³/mol. The lowest BCUT2D eigenvalue weighted by Crippen LogP contribution is -2.42. The maximum Gasteiger partial charge on any atom is 0.264 e. The van der Waals surface area contributed by atoms with E-state index in [1.54, 1.807) is 0 Å². The Morgan fingerprint density at radius 2 is 1.20 bits per heavy atom. The molecule has 1 saturated carbocycles. The smallest absolute Gasteiger partial charge is 0.264 e. The van der Waals surface area contributed by atoms with Crippen molar-refractivity contribution in [2.45, 2.75) is 12.8 Å². The summed E-state index contributed by atoms with van der Waals surface area (Å²) in [5.74, 6) is 0.426. The van der Waals surface area contributed by atoms with Gasteiger partial charge in [0, 0.05) is 0 Å². The number of hydrogen-bond acceptors (Lipinski definition) is 6. The molecule has 3 aliphatic rings. The van der Waals surface area contributed by atoms with Gasteiger partial charge in [-0.15, -0.1) is 0 Å². The summed E-state index contributed by atoms with van der Waals surface area (Å²) in [6, 6.07) is 0. The van der Waals surface area contributed by atoms with E-state index in [9.17, 15) is 16.8 Å². The Morgan fingerprint density at radius 1 is 0.850 bits per heavy atom. The van der Waals surface area contributed by atoms with Crippen LogP contribution in [-0.2, 0) is 28.6 Å². The van der Waals surface area contributed by atoms with E-state index in [0.717, 1.165) is 25.4 Å². The second-order valence-electron chi connectivity index (χ2n) is 5.59. The molecule has 3 aliphatic carbocycles. The first-order valence-corrected chi connectivity index (χ1v) is 10.2. The van der Waals surface area contributed by atoms with E-state index in [1.807, 2.05) is 0 Å². The Hall–Kier alpha value is -0.440. The van der Waals surface area contributed by atoms with Crippen LogP contribution >= 0.6 is 0 Å². The van der Waals surface area contributed by atoms with Crippen LogP contribution in [0.3, 0.4) is 0 Å². The molecule has 0 heterocycles. The molecular weight excluding hydrogens is 304 g/mol. The maximum atomic E-state index is 11.1. The fraction of sp³-hybridized carbons (Fsp3) is 0.833. The van der Waals surface area contributed by atoms with Crippen molar-refractivity contribution in [2.24, 2.45) is 23.7 Å². The van der Waals surface area contributed by atoms with Crippen LogP contribution in [0.5, 0.6) is 0 Å². The summed E-state index contributed by atoms with van der Waals surface area (Å²) < 4.78 is 54.4. The zero-order valence-corrected chi connectivity index (χ0v) is 13.2. The van der Waals surface area contributed by atoms with Crippen molar-refractivity contribution in [3.05, 3.63) is 12.2 Å². The largest absolute Gasteiger partial charge is 0.270 e. The predicted octanol–water partition coefficient (Wildman–Crippen LogP) is 0.767. The number of allylic oxidation sites excluding steroid dienone is 2. The summed E-state index contributed by atoms with van der Waals surface area (Å²) >= 11 is 0. The molecule has 0 N–H and O–H groups in total. The molecule has 0 spiro atoms. The molecule has 6 nitrogen and oxygen atoms in total. The summed E-state index contributed by atoms with van der Waals surface area (Å²) in [6.45, 7) is 0.171. The van der Waals surface area contributed by atoms with Crippen molar-refractivity contribution in [1.82, 2.24) is 0 Å². The van der Waals surface area contributed by atoms with Crippen LogP contribution < -0.4 is 0 Å². The van der Waals surface area contributed by atoms with Crippen LogP contribution in [0.4, 0.5) is 0 Å². The van der Waals surface area contributed by atoms with Gasteiger partial charge in [-0.2, -0.15) is 16.8 Å². The standard InChI is InChI=1S/C12H20O6S2/c1-19(13,14)17-7-11-9-3-5-10(6-4-9)12(11)8-18-20(2,15)16/h3,5,9-12H,4,6-8H2,1-2H3/t9-,10+,11-,12+. The SMILES string of the molecule is CS(=O)(=O)OC[C@@H]1[C@H](COS(C)(=O)=O)[C@@H]2C=C[C@H]1CC2. The van der Waals surface area contributed by atoms with E-state index >= 15 is 0 Å². The molecule has 116 valence electrons. The summed E-state index contributed by atoms with van der Waals surface area (Å²) in [7, 11) is -6.98. The number of rotatable bonds is 6. The Kier molecular flexibility index (Phi) is 4.58. The average Bonchev–Trinajstić information content (AvgIpc) is 2.33. The zero-order chi connectivity index (χ0) is 15.0. The van der Waals surface area contributed by atoms with Crippen molar-refractivity contribution in [3.63, 3.8) is 0 Å². The van der Waals surface area contributed by atoms with E-state index < -0.39 is 20.2 Å². The normalized spacial score (nSPS) is 33.5. The van der Waals surface area contributed by atoms with Gasteiger partial charge in [0.15, 0.2) is 0 Å². The molecule has 0 aromatic heterocycles. The lowest BCUT2D eigenvalue weighted by atomic mass is 9.63. The maximum absolute atomic E-state index is 11.1. The lowest BCUT2D eigenvalue weighted by molar-refractivity contribution is 0.0445. The molecule has 0 unspecified atom stereocenters. The Morgan fingerprint density at radius 3 is 1.45 bits per heavy atom. The minimum absolute atomic E-state index is 0.0183. The van der Waals surface area contributed by atoms with Gasteiger partial charge in [-0.25, -0.2) is 0 Å². The first-order chi connectivity index (χ1) is 9.16. The third-order valence-corrected chi connectivity index (χ3v) is 5.17. The topological polar surface area (TPSA) is 86.7 Å². The highest BCUT2D eigenvalue weighted by molar-refractivity contribution is 7.86. The Bertz CT molecular complexity index is 525. The third kappa shape index (κ3) is 4.28. The first-order valence-electron chi connectivity index (χ1n) is 6.53. The van der Waals surface area contributed by atoms with Gasteiger partial charge in [0.2, 0.25) is 0 Å². The fourth-order valence-corrected chi connectivity index (χ4v) is 3.92. The number of fused-ring (bicyclic) bond motifs is 2. The highest BCUT2D eigenvalue weighted by Crippen LogP contribution is 2.45. The Balaban J connectivity index is 2.07. The molecule has 0 radical (unpaired) electrons. The van der Waals surface area contributed by atoms with E-state index in [1.165, 1.54) is 0 Å². The van der Waals surface area contributed by atoms with E-state index in [0.29, 0.717) is 0 Å². The van der Waals surface area contributed by atoms with Gasteiger partial charge < -0.3 is 0 Å². The number of hydrogen-bond donors (Lipinski definition) is 0. The van der Waals surface area contributed by atoms with Crippen molar-refractivity contribution in [1.29, 1.82) is 0 Å². The molecule has 8 heteroatoms. The second kappa shape index (κ2) is 5.75. The minimum atomic E-state index is -3.49. The van der Waals surface area contributed by atoms with Crippen molar-refractivity contribution in [2.75, 3.05) is 25.7 Å². The van der Waals surface area contributed by atoms with Gasteiger partial charge >= 0.3 is 0 Å². The van der Waals surface area contributed by atoms with Crippen LogP contribution in [0.25, 0.3) is 0 Å². The van der Waals surface area contributed by atoms with Crippen LogP contribution in [0.1, 0.15) is 12.8 Å². The fourth-order valence-electron chi connectivity index (χ4n) is 3.11. The lowest BCUT2D eigenvalue weighted by Gasteiger charge is -2.44. The molecule has 2 bridgehead atoms. The van der Waals surface area contributed by atoms with Gasteiger partial charge in [0.1, 0.15) is 0 Å². The van der Waals surface area contributed by atoms with Gasteiger partial charge in [0.25, 0.3) is 20.2 Å². The van der Waals surface area contributed by atoms with E-state index in [4.69, 9.17) is 8.37 Å². The zero-order valence-electron chi connectivity index (χ0n) is 11.6. The molecular formula is C12H20O6S2. The molecule has 0 aliphatic heterocycles. The van der Waals surface area contributed by atoms with Crippen LogP contribution in [0.15, 0.2) is 12.2 Å². The van der Waals surface area contributed by atoms with Gasteiger partial charge in [0.05, 0.1) is 25.7 Å². The minimum Gasteiger partial charge on any atom is -0.270 e. The monoisotopic (exact) mass is 324 g/mol. The molecule has 0 saturated heterocycles.